The number of furan rings is 1. The molecule has 0 N–H and O–H groups in total. The predicted octanol–water partition coefficient (Wildman–Crippen LogP) is 13.7. The van der Waals surface area contributed by atoms with Crippen LogP contribution in [0.25, 0.3) is 60.9 Å². The summed E-state index contributed by atoms with van der Waals surface area (Å²) in [6, 6.07) is 68.3. The van der Waals surface area contributed by atoms with Crippen LogP contribution in [0.1, 0.15) is 45.0 Å². The van der Waals surface area contributed by atoms with Crippen LogP contribution < -0.4 is 4.90 Å². The average Bonchev–Trinajstić information content (AvgIpc) is 3.58. The van der Waals surface area contributed by atoms with Crippen LogP contribution >= 0.6 is 0 Å². The third-order valence-corrected chi connectivity index (χ3v) is 11.8. The van der Waals surface area contributed by atoms with Crippen molar-refractivity contribution >= 4 is 39.1 Å². The molecule has 1 aliphatic heterocycles. The maximum atomic E-state index is 15.2. The van der Waals surface area contributed by atoms with Gasteiger partial charge in [-0.3, -0.25) is 9.69 Å². The molecule has 0 radical (unpaired) electrons. The summed E-state index contributed by atoms with van der Waals surface area (Å²) in [4.78, 5) is 17.2. The quantitative estimate of drug-likeness (QED) is 0.177. The van der Waals surface area contributed by atoms with E-state index >= 15 is 4.79 Å². The van der Waals surface area contributed by atoms with E-state index < -0.39 is 0 Å². The molecule has 0 saturated heterocycles. The summed E-state index contributed by atoms with van der Waals surface area (Å²) in [7, 11) is 0. The second kappa shape index (κ2) is 13.5. The minimum atomic E-state index is -0.0236. The Labute approximate surface area is 331 Å². The van der Waals surface area contributed by atoms with Gasteiger partial charge in [0.25, 0.3) is 5.91 Å². The van der Waals surface area contributed by atoms with E-state index in [0.29, 0.717) is 0 Å². The molecule has 0 spiro atoms. The van der Waals surface area contributed by atoms with Crippen molar-refractivity contribution in [2.45, 2.75) is 18.8 Å². The number of carbonyl (C=O) groups excluding carboxylic acids is 1. The monoisotopic (exact) mass is 731 g/mol. The Kier molecular flexibility index (Phi) is 7.85. The highest BCUT2D eigenvalue weighted by Gasteiger charge is 2.41. The molecule has 1 amide bonds. The maximum Gasteiger partial charge on any atom is 0.262 e. The number of fused-ring (bicyclic) bond motifs is 7. The van der Waals surface area contributed by atoms with Crippen molar-refractivity contribution in [3.05, 3.63) is 228 Å². The van der Waals surface area contributed by atoms with E-state index in [2.05, 4.69) is 152 Å². The number of aryl methyl sites for hydroxylation is 1. The number of hydrogen-bond donors (Lipinski definition) is 0. The summed E-state index contributed by atoms with van der Waals surface area (Å²) >= 11 is 0. The van der Waals surface area contributed by atoms with E-state index in [1.807, 2.05) is 47.4 Å². The maximum absolute atomic E-state index is 15.2. The van der Waals surface area contributed by atoms with Crippen LogP contribution in [0.5, 0.6) is 0 Å². The molecule has 2 aliphatic rings. The summed E-state index contributed by atoms with van der Waals surface area (Å²) in [5.74, 6) is -0.0428. The van der Waals surface area contributed by atoms with E-state index in [1.165, 1.54) is 38.9 Å². The molecule has 1 unspecified atom stereocenters. The number of hydrogen-bond acceptors (Lipinski definition) is 2. The number of allylic oxidation sites excluding steroid dienone is 1. The van der Waals surface area contributed by atoms with Gasteiger partial charge in [0.1, 0.15) is 11.2 Å². The molecular formula is C54H37NO2. The minimum Gasteiger partial charge on any atom is -0.456 e. The van der Waals surface area contributed by atoms with Crippen molar-refractivity contribution in [3.63, 3.8) is 0 Å². The van der Waals surface area contributed by atoms with Crippen molar-refractivity contribution in [2.24, 2.45) is 0 Å². The Morgan fingerprint density at radius 3 is 1.79 bits per heavy atom. The molecule has 8 aromatic carbocycles. The van der Waals surface area contributed by atoms with Crippen LogP contribution in [0, 0.1) is 0 Å². The lowest BCUT2D eigenvalue weighted by molar-refractivity contribution is 0.0987. The Hall–Kier alpha value is -7.23. The van der Waals surface area contributed by atoms with Crippen LogP contribution in [0.2, 0.25) is 0 Å². The van der Waals surface area contributed by atoms with Crippen LogP contribution in [-0.2, 0) is 6.42 Å². The summed E-state index contributed by atoms with van der Waals surface area (Å²) in [6.07, 6.45) is 1.71. The van der Waals surface area contributed by atoms with Gasteiger partial charge in [0.05, 0.1) is 11.1 Å². The number of nitrogens with zero attached hydrogens (tertiary/aromatic N) is 1. The molecule has 3 heteroatoms. The predicted molar refractivity (Wildman–Crippen MR) is 233 cm³/mol. The van der Waals surface area contributed by atoms with Crippen molar-refractivity contribution in [1.29, 1.82) is 0 Å². The lowest BCUT2D eigenvalue weighted by atomic mass is 9.80. The second-order valence-electron chi connectivity index (χ2n) is 15.1. The SMILES string of the molecule is O=C1c2ccccc2C2CCc3cc(-c4cc(-c5ccccc5)cc(-c5ccccc5)c4)ccc3C(c3ccccc3)=C2N1c1cccc2oc3ccccc3c12. The zero-order chi connectivity index (χ0) is 37.9. The van der Waals surface area contributed by atoms with Gasteiger partial charge in [0, 0.05) is 28.1 Å². The average molecular weight is 732 g/mol. The fourth-order valence-electron chi connectivity index (χ4n) is 9.25. The zero-order valence-corrected chi connectivity index (χ0v) is 31.2. The van der Waals surface area contributed by atoms with E-state index in [1.54, 1.807) is 0 Å². The molecule has 2 heterocycles. The Bertz CT molecular complexity index is 2970. The van der Waals surface area contributed by atoms with Crippen LogP contribution in [0.3, 0.4) is 0 Å². The molecule has 1 aliphatic carbocycles. The molecule has 0 fully saturated rings. The third kappa shape index (κ3) is 5.54. The van der Waals surface area contributed by atoms with E-state index in [0.717, 1.165) is 74.0 Å². The fraction of sp³-hybridized carbons (Fsp3) is 0.0556. The first-order valence-corrected chi connectivity index (χ1v) is 19.7. The summed E-state index contributed by atoms with van der Waals surface area (Å²) in [5, 5.41) is 1.95. The van der Waals surface area contributed by atoms with E-state index in [4.69, 9.17) is 4.42 Å². The molecule has 270 valence electrons. The first-order chi connectivity index (χ1) is 28.2. The van der Waals surface area contributed by atoms with Gasteiger partial charge >= 0.3 is 0 Å². The van der Waals surface area contributed by atoms with Crippen LogP contribution in [0.15, 0.2) is 204 Å². The zero-order valence-electron chi connectivity index (χ0n) is 31.2. The Morgan fingerprint density at radius 1 is 0.474 bits per heavy atom. The molecular weight excluding hydrogens is 695 g/mol. The fourth-order valence-corrected chi connectivity index (χ4v) is 9.25. The van der Waals surface area contributed by atoms with Crippen molar-refractivity contribution in [1.82, 2.24) is 0 Å². The number of anilines is 1. The van der Waals surface area contributed by atoms with E-state index in [-0.39, 0.29) is 11.8 Å². The Balaban J connectivity index is 1.16. The van der Waals surface area contributed by atoms with Crippen LogP contribution in [0.4, 0.5) is 5.69 Å². The molecule has 11 rings (SSSR count). The van der Waals surface area contributed by atoms with Gasteiger partial charge < -0.3 is 4.42 Å². The number of rotatable bonds is 5. The number of carbonyl (C=O) groups is 1. The van der Waals surface area contributed by atoms with Gasteiger partial charge in [-0.25, -0.2) is 0 Å². The summed E-state index contributed by atoms with van der Waals surface area (Å²) in [6.45, 7) is 0. The number of para-hydroxylation sites is 1. The topological polar surface area (TPSA) is 33.5 Å². The van der Waals surface area contributed by atoms with Gasteiger partial charge in [-0.1, -0.05) is 152 Å². The number of benzene rings is 8. The van der Waals surface area contributed by atoms with Crippen molar-refractivity contribution in [3.8, 4) is 33.4 Å². The second-order valence-corrected chi connectivity index (χ2v) is 15.1. The Morgan fingerprint density at radius 2 is 1.07 bits per heavy atom. The van der Waals surface area contributed by atoms with E-state index in [9.17, 15) is 0 Å². The number of amides is 1. The van der Waals surface area contributed by atoms with Gasteiger partial charge in [-0.05, 0) is 111 Å². The van der Waals surface area contributed by atoms with Gasteiger partial charge in [0.2, 0.25) is 0 Å². The smallest absolute Gasteiger partial charge is 0.262 e. The highest BCUT2D eigenvalue weighted by atomic mass is 16.3. The first kappa shape index (κ1) is 33.1. The third-order valence-electron chi connectivity index (χ3n) is 11.8. The molecule has 0 saturated carbocycles. The molecule has 1 atom stereocenters. The minimum absolute atomic E-state index is 0.0192. The first-order valence-electron chi connectivity index (χ1n) is 19.7. The standard InChI is InChI=1S/C54H37NO2/c56-54-46-22-11-10-21-44(46)45-30-28-39-31-38(42-33-40(35-15-4-1-5-16-35)32-41(34-42)36-17-6-2-7-18-36)27-29-43(39)51(37-19-8-3-9-20-37)53(45)55(54)48-24-14-26-50-52(48)47-23-12-13-25-49(47)57-50/h1-27,29,31-34,45H,28,30H2. The van der Waals surface area contributed by atoms with Crippen molar-refractivity contribution < 1.29 is 9.21 Å². The van der Waals surface area contributed by atoms with Gasteiger partial charge in [-0.15, -0.1) is 0 Å². The molecule has 1 aromatic heterocycles. The molecule has 9 aromatic rings. The molecule has 57 heavy (non-hydrogen) atoms. The normalized spacial score (nSPS) is 15.0. The lowest BCUT2D eigenvalue weighted by Crippen LogP contribution is -2.39. The largest absolute Gasteiger partial charge is 0.456 e. The summed E-state index contributed by atoms with van der Waals surface area (Å²) < 4.78 is 6.39. The van der Waals surface area contributed by atoms with Gasteiger partial charge in [-0.2, -0.15) is 0 Å². The highest BCUT2D eigenvalue weighted by Crippen LogP contribution is 2.51. The molecule has 0 bridgehead atoms. The summed E-state index contributed by atoms with van der Waals surface area (Å²) in [5.41, 5.74) is 17.0. The molecule has 3 nitrogen and oxygen atoms in total. The van der Waals surface area contributed by atoms with Crippen molar-refractivity contribution in [2.75, 3.05) is 4.90 Å². The highest BCUT2D eigenvalue weighted by molar-refractivity contribution is 6.21. The lowest BCUT2D eigenvalue weighted by Gasteiger charge is -2.38. The van der Waals surface area contributed by atoms with Crippen LogP contribution in [-0.4, -0.2) is 5.91 Å². The van der Waals surface area contributed by atoms with Gasteiger partial charge in [0.15, 0.2) is 0 Å².